The summed E-state index contributed by atoms with van der Waals surface area (Å²) in [6.45, 7) is 4.37. The zero-order valence-electron chi connectivity index (χ0n) is 17.9. The van der Waals surface area contributed by atoms with Crippen molar-refractivity contribution in [2.45, 2.75) is 50.5 Å². The Bertz CT molecular complexity index is 1040. The molecule has 1 fully saturated rings. The van der Waals surface area contributed by atoms with Crippen LogP contribution in [0.15, 0.2) is 53.4 Å². The Balaban J connectivity index is 1.61. The number of hydrogen-bond donors (Lipinski definition) is 2. The van der Waals surface area contributed by atoms with Crippen molar-refractivity contribution in [2.75, 3.05) is 18.4 Å². The van der Waals surface area contributed by atoms with Crippen LogP contribution in [0.25, 0.3) is 0 Å². The number of carbonyl (C=O) groups excluding carboxylic acids is 2. The summed E-state index contributed by atoms with van der Waals surface area (Å²) in [4.78, 5) is 24.5. The third-order valence-electron chi connectivity index (χ3n) is 5.50. The molecule has 0 aliphatic carbocycles. The maximum atomic E-state index is 13.4. The first kappa shape index (κ1) is 23.0. The Morgan fingerprint density at radius 1 is 1.03 bits per heavy atom. The zero-order valence-corrected chi connectivity index (χ0v) is 18.7. The molecule has 8 heteroatoms. The van der Waals surface area contributed by atoms with Crippen LogP contribution in [0.4, 0.5) is 5.69 Å². The van der Waals surface area contributed by atoms with E-state index in [1.54, 1.807) is 41.6 Å². The van der Waals surface area contributed by atoms with Crippen molar-refractivity contribution in [1.82, 2.24) is 9.62 Å². The van der Waals surface area contributed by atoms with E-state index in [-0.39, 0.29) is 12.6 Å². The standard InChI is InChI=1S/C23H29N3O4S/c1-17-11-12-18(2)21(16-17)31(29,30)26-15-7-6-10-20(26)13-14-24-22(27)23(28)25-19-8-4-3-5-9-19/h3-5,8-9,11-12,16,20H,6-7,10,13-15H2,1-2H3,(H,24,27)(H,25,28). The molecule has 0 spiro atoms. The molecule has 0 saturated carbocycles. The molecule has 2 amide bonds. The van der Waals surface area contributed by atoms with Gasteiger partial charge in [0.1, 0.15) is 0 Å². The summed E-state index contributed by atoms with van der Waals surface area (Å²) in [7, 11) is -3.63. The van der Waals surface area contributed by atoms with E-state index in [1.165, 1.54) is 0 Å². The number of rotatable bonds is 6. The largest absolute Gasteiger partial charge is 0.348 e. The molecule has 31 heavy (non-hydrogen) atoms. The lowest BCUT2D eigenvalue weighted by Gasteiger charge is -2.35. The highest BCUT2D eigenvalue weighted by Gasteiger charge is 2.34. The van der Waals surface area contributed by atoms with Crippen LogP contribution in [0.5, 0.6) is 0 Å². The highest BCUT2D eigenvalue weighted by atomic mass is 32.2. The van der Waals surface area contributed by atoms with E-state index in [0.717, 1.165) is 30.4 Å². The average Bonchev–Trinajstić information content (AvgIpc) is 2.76. The van der Waals surface area contributed by atoms with E-state index in [1.807, 2.05) is 25.1 Å². The second-order valence-electron chi connectivity index (χ2n) is 7.90. The van der Waals surface area contributed by atoms with Crippen LogP contribution < -0.4 is 10.6 Å². The number of sulfonamides is 1. The van der Waals surface area contributed by atoms with E-state index in [9.17, 15) is 18.0 Å². The highest BCUT2D eigenvalue weighted by molar-refractivity contribution is 7.89. The number of nitrogens with one attached hydrogen (secondary N) is 2. The minimum Gasteiger partial charge on any atom is -0.348 e. The van der Waals surface area contributed by atoms with E-state index in [0.29, 0.717) is 23.5 Å². The fourth-order valence-corrected chi connectivity index (χ4v) is 5.87. The van der Waals surface area contributed by atoms with Crippen molar-refractivity contribution in [1.29, 1.82) is 0 Å². The Kier molecular flexibility index (Phi) is 7.46. The van der Waals surface area contributed by atoms with Gasteiger partial charge in [-0.2, -0.15) is 4.31 Å². The highest BCUT2D eigenvalue weighted by Crippen LogP contribution is 2.29. The molecule has 2 aromatic rings. The summed E-state index contributed by atoms with van der Waals surface area (Å²) >= 11 is 0. The molecular formula is C23H29N3O4S. The third-order valence-corrected chi connectivity index (χ3v) is 7.60. The predicted molar refractivity (Wildman–Crippen MR) is 120 cm³/mol. The SMILES string of the molecule is Cc1ccc(C)c(S(=O)(=O)N2CCCCC2CCNC(=O)C(=O)Nc2ccccc2)c1. The quantitative estimate of drug-likeness (QED) is 0.671. The van der Waals surface area contributed by atoms with E-state index < -0.39 is 21.8 Å². The monoisotopic (exact) mass is 443 g/mol. The number of nitrogens with zero attached hydrogens (tertiary/aromatic N) is 1. The number of carbonyl (C=O) groups is 2. The summed E-state index contributed by atoms with van der Waals surface area (Å²) in [5.41, 5.74) is 2.16. The number of aryl methyl sites for hydroxylation is 2. The van der Waals surface area contributed by atoms with Gasteiger partial charge in [-0.1, -0.05) is 36.8 Å². The molecule has 0 bridgehead atoms. The molecule has 1 aliphatic rings. The van der Waals surface area contributed by atoms with Gasteiger partial charge in [0.25, 0.3) is 0 Å². The fourth-order valence-electron chi connectivity index (χ4n) is 3.83. The maximum Gasteiger partial charge on any atom is 0.313 e. The molecule has 1 aliphatic heterocycles. The summed E-state index contributed by atoms with van der Waals surface area (Å²) in [5.74, 6) is -1.47. The molecule has 1 atom stereocenters. The summed E-state index contributed by atoms with van der Waals surface area (Å²) in [6, 6.07) is 14.0. The number of piperidine rings is 1. The molecule has 7 nitrogen and oxygen atoms in total. The Morgan fingerprint density at radius 3 is 2.52 bits per heavy atom. The maximum absolute atomic E-state index is 13.4. The molecule has 0 radical (unpaired) electrons. The lowest BCUT2D eigenvalue weighted by molar-refractivity contribution is -0.136. The van der Waals surface area contributed by atoms with Gasteiger partial charge >= 0.3 is 11.8 Å². The molecule has 1 saturated heterocycles. The molecular weight excluding hydrogens is 414 g/mol. The minimum atomic E-state index is -3.63. The molecule has 1 unspecified atom stereocenters. The Hall–Kier alpha value is -2.71. The molecule has 0 aromatic heterocycles. The van der Waals surface area contributed by atoms with Crippen molar-refractivity contribution in [2.24, 2.45) is 0 Å². The van der Waals surface area contributed by atoms with E-state index in [2.05, 4.69) is 10.6 Å². The first-order chi connectivity index (χ1) is 14.8. The van der Waals surface area contributed by atoms with Crippen LogP contribution in [-0.4, -0.2) is 43.7 Å². The van der Waals surface area contributed by atoms with Crippen LogP contribution in [0.3, 0.4) is 0 Å². The van der Waals surface area contributed by atoms with Crippen LogP contribution >= 0.6 is 0 Å². The first-order valence-electron chi connectivity index (χ1n) is 10.5. The summed E-state index contributed by atoms with van der Waals surface area (Å²) < 4.78 is 28.3. The normalized spacial score (nSPS) is 17.2. The number of para-hydroxylation sites is 1. The van der Waals surface area contributed by atoms with Crippen LogP contribution in [0.2, 0.25) is 0 Å². The van der Waals surface area contributed by atoms with Crippen molar-refractivity contribution in [3.63, 3.8) is 0 Å². The molecule has 3 rings (SSSR count). The smallest absolute Gasteiger partial charge is 0.313 e. The first-order valence-corrected chi connectivity index (χ1v) is 12.0. The van der Waals surface area contributed by atoms with Gasteiger partial charge in [-0.25, -0.2) is 8.42 Å². The van der Waals surface area contributed by atoms with Gasteiger partial charge in [0.15, 0.2) is 0 Å². The van der Waals surface area contributed by atoms with Crippen molar-refractivity contribution in [3.8, 4) is 0 Å². The second-order valence-corrected chi connectivity index (χ2v) is 9.76. The molecule has 2 aromatic carbocycles. The summed E-state index contributed by atoms with van der Waals surface area (Å²) in [5, 5.41) is 5.15. The number of hydrogen-bond acceptors (Lipinski definition) is 4. The number of benzene rings is 2. The van der Waals surface area contributed by atoms with Gasteiger partial charge in [-0.3, -0.25) is 9.59 Å². The molecule has 2 N–H and O–H groups in total. The van der Waals surface area contributed by atoms with Gasteiger partial charge in [0.05, 0.1) is 4.90 Å². The fraction of sp³-hybridized carbons (Fsp3) is 0.391. The number of amides is 2. The van der Waals surface area contributed by atoms with Crippen molar-refractivity contribution >= 4 is 27.5 Å². The van der Waals surface area contributed by atoms with Crippen LogP contribution in [-0.2, 0) is 19.6 Å². The molecule has 166 valence electrons. The lowest BCUT2D eigenvalue weighted by atomic mass is 10.0. The minimum absolute atomic E-state index is 0.212. The van der Waals surface area contributed by atoms with Crippen molar-refractivity contribution in [3.05, 3.63) is 59.7 Å². The Morgan fingerprint density at radius 2 is 1.77 bits per heavy atom. The number of anilines is 1. The van der Waals surface area contributed by atoms with Gasteiger partial charge in [0.2, 0.25) is 10.0 Å². The molecule has 1 heterocycles. The van der Waals surface area contributed by atoms with E-state index in [4.69, 9.17) is 0 Å². The van der Waals surface area contributed by atoms with Crippen LogP contribution in [0, 0.1) is 13.8 Å². The predicted octanol–water partition coefficient (Wildman–Crippen LogP) is 2.99. The van der Waals surface area contributed by atoms with Gasteiger partial charge in [-0.05, 0) is 62.4 Å². The zero-order chi connectivity index (χ0) is 22.4. The summed E-state index contributed by atoms with van der Waals surface area (Å²) in [6.07, 6.45) is 2.93. The second kappa shape index (κ2) is 10.1. The van der Waals surface area contributed by atoms with Gasteiger partial charge in [0, 0.05) is 24.8 Å². The Labute approximate surface area is 183 Å². The third kappa shape index (κ3) is 5.71. The topological polar surface area (TPSA) is 95.6 Å². The lowest BCUT2D eigenvalue weighted by Crippen LogP contribution is -2.46. The van der Waals surface area contributed by atoms with Crippen molar-refractivity contribution < 1.29 is 18.0 Å². The van der Waals surface area contributed by atoms with E-state index >= 15 is 0 Å². The van der Waals surface area contributed by atoms with Gasteiger partial charge < -0.3 is 10.6 Å². The average molecular weight is 444 g/mol. The van der Waals surface area contributed by atoms with Gasteiger partial charge in [-0.15, -0.1) is 0 Å². The van der Waals surface area contributed by atoms with Crippen LogP contribution in [0.1, 0.15) is 36.8 Å².